The summed E-state index contributed by atoms with van der Waals surface area (Å²) in [4.78, 5) is 17.2. The molecule has 5 heteroatoms. The van der Waals surface area contributed by atoms with E-state index in [1.807, 2.05) is 30.5 Å². The normalized spacial score (nSPS) is 16.1. The molecule has 0 spiro atoms. The molecule has 1 aliphatic heterocycles. The van der Waals surface area contributed by atoms with E-state index in [4.69, 9.17) is 11.6 Å². The average Bonchev–Trinajstić information content (AvgIpc) is 3.00. The lowest BCUT2D eigenvalue weighted by molar-refractivity contribution is -0.111. The fraction of sp³-hybridized carbons (Fsp3) is 0.423. The second-order valence-electron chi connectivity index (χ2n) is 8.20. The summed E-state index contributed by atoms with van der Waals surface area (Å²) >= 11 is 6.07. The Morgan fingerprint density at radius 2 is 1.74 bits per heavy atom. The molecule has 0 bridgehead atoms. The van der Waals surface area contributed by atoms with Crippen LogP contribution >= 0.6 is 11.6 Å². The number of carbonyl (C=O) groups excluding carboxylic acids is 1. The van der Waals surface area contributed by atoms with E-state index in [1.165, 1.54) is 25.1 Å². The van der Waals surface area contributed by atoms with Gasteiger partial charge in [0.15, 0.2) is 5.78 Å². The first-order chi connectivity index (χ1) is 15.1. The van der Waals surface area contributed by atoms with Crippen LogP contribution < -0.4 is 5.32 Å². The van der Waals surface area contributed by atoms with Gasteiger partial charge in [-0.3, -0.25) is 4.79 Å². The van der Waals surface area contributed by atoms with E-state index in [0.717, 1.165) is 51.1 Å². The van der Waals surface area contributed by atoms with Crippen LogP contribution in [0, 0.1) is 0 Å². The van der Waals surface area contributed by atoms with Crippen molar-refractivity contribution < 1.29 is 4.79 Å². The maximum atomic E-state index is 12.0. The molecule has 2 aromatic carbocycles. The van der Waals surface area contributed by atoms with Crippen LogP contribution in [0.2, 0.25) is 5.02 Å². The highest BCUT2D eigenvalue weighted by Gasteiger charge is 2.14. The smallest absolute Gasteiger partial charge is 0.161 e. The summed E-state index contributed by atoms with van der Waals surface area (Å²) in [5.41, 5.74) is 2.95. The molecular weight excluding hydrogens is 406 g/mol. The number of hydrogen-bond acceptors (Lipinski definition) is 4. The molecule has 31 heavy (non-hydrogen) atoms. The van der Waals surface area contributed by atoms with Gasteiger partial charge in [0.05, 0.1) is 0 Å². The average molecular weight is 440 g/mol. The monoisotopic (exact) mass is 439 g/mol. The molecule has 3 rings (SSSR count). The summed E-state index contributed by atoms with van der Waals surface area (Å²) in [5, 5.41) is 3.97. The Labute approximate surface area is 191 Å². The van der Waals surface area contributed by atoms with Gasteiger partial charge >= 0.3 is 0 Å². The summed E-state index contributed by atoms with van der Waals surface area (Å²) in [6.45, 7) is 9.29. The summed E-state index contributed by atoms with van der Waals surface area (Å²) in [5.74, 6) is 0.0397. The van der Waals surface area contributed by atoms with Gasteiger partial charge in [0, 0.05) is 43.0 Å². The molecule has 0 unspecified atom stereocenters. The van der Waals surface area contributed by atoms with Crippen LogP contribution in [0.1, 0.15) is 30.9 Å². The molecule has 1 fully saturated rings. The molecular formula is C26H34ClN3O. The molecule has 0 radical (unpaired) electrons. The molecule has 0 aromatic heterocycles. The lowest BCUT2D eigenvalue weighted by Gasteiger charge is -2.21. The number of benzene rings is 2. The Morgan fingerprint density at radius 3 is 2.45 bits per heavy atom. The summed E-state index contributed by atoms with van der Waals surface area (Å²) in [6.07, 6.45) is 5.25. The predicted molar refractivity (Wildman–Crippen MR) is 130 cm³/mol. The van der Waals surface area contributed by atoms with E-state index in [9.17, 15) is 4.79 Å². The van der Waals surface area contributed by atoms with Crippen LogP contribution in [0.25, 0.3) is 5.57 Å². The Bertz CT molecular complexity index is 853. The third kappa shape index (κ3) is 8.13. The zero-order chi connectivity index (χ0) is 21.9. The number of hydrogen-bond donors (Lipinski definition) is 1. The van der Waals surface area contributed by atoms with Crippen molar-refractivity contribution in [3.05, 3.63) is 76.9 Å². The Kier molecular flexibility index (Phi) is 9.60. The third-order valence-corrected chi connectivity index (χ3v) is 6.03. The van der Waals surface area contributed by atoms with Crippen molar-refractivity contribution in [3.63, 3.8) is 0 Å². The van der Waals surface area contributed by atoms with Gasteiger partial charge in [0.2, 0.25) is 0 Å². The summed E-state index contributed by atoms with van der Waals surface area (Å²) in [7, 11) is 0. The Morgan fingerprint density at radius 1 is 1.00 bits per heavy atom. The maximum Gasteiger partial charge on any atom is 0.161 e. The summed E-state index contributed by atoms with van der Waals surface area (Å²) < 4.78 is 0. The van der Waals surface area contributed by atoms with Gasteiger partial charge in [-0.1, -0.05) is 54.1 Å². The fourth-order valence-electron chi connectivity index (χ4n) is 4.03. The van der Waals surface area contributed by atoms with E-state index >= 15 is 0 Å². The van der Waals surface area contributed by atoms with Crippen molar-refractivity contribution in [2.75, 3.05) is 45.8 Å². The van der Waals surface area contributed by atoms with E-state index in [-0.39, 0.29) is 5.78 Å². The molecule has 0 saturated carbocycles. The minimum absolute atomic E-state index is 0.0397. The van der Waals surface area contributed by atoms with Gasteiger partial charge in [-0.15, -0.1) is 0 Å². The van der Waals surface area contributed by atoms with Crippen LogP contribution in [0.5, 0.6) is 0 Å². The van der Waals surface area contributed by atoms with Crippen molar-refractivity contribution in [1.29, 1.82) is 0 Å². The highest BCUT2D eigenvalue weighted by Crippen LogP contribution is 2.19. The van der Waals surface area contributed by atoms with Crippen molar-refractivity contribution in [3.8, 4) is 0 Å². The topological polar surface area (TPSA) is 35.6 Å². The van der Waals surface area contributed by atoms with Crippen LogP contribution in [0.3, 0.4) is 0 Å². The molecule has 0 aliphatic carbocycles. The van der Waals surface area contributed by atoms with E-state index in [1.54, 1.807) is 6.92 Å². The van der Waals surface area contributed by atoms with Crippen molar-refractivity contribution in [2.45, 2.75) is 26.2 Å². The number of allylic oxidation sites excluding steroid dienone is 1. The quantitative estimate of drug-likeness (QED) is 0.436. The number of Topliss-reactive ketones (excluding diaryl/α,β-unsaturated/α-hetero) is 1. The van der Waals surface area contributed by atoms with E-state index in [2.05, 4.69) is 45.4 Å². The number of carbonyl (C=O) groups is 1. The SMILES string of the molecule is CC(=O)/C(=C/NCCCN1CCCN(CCc2ccccc2)CC1)c1cccc(Cl)c1. The van der Waals surface area contributed by atoms with Gasteiger partial charge in [-0.05, 0) is 69.1 Å². The molecule has 1 heterocycles. The first-order valence-corrected chi connectivity index (χ1v) is 11.7. The zero-order valence-corrected chi connectivity index (χ0v) is 19.3. The molecule has 166 valence electrons. The first-order valence-electron chi connectivity index (χ1n) is 11.3. The van der Waals surface area contributed by atoms with Gasteiger partial charge < -0.3 is 15.1 Å². The molecule has 0 amide bonds. The fourth-order valence-corrected chi connectivity index (χ4v) is 4.22. The van der Waals surface area contributed by atoms with Crippen LogP contribution in [0.4, 0.5) is 0 Å². The number of ketones is 1. The second-order valence-corrected chi connectivity index (χ2v) is 8.64. The standard InChI is InChI=1S/C26H34ClN3O/c1-22(31)26(24-10-5-11-25(27)20-24)21-28-13-6-14-29-15-7-16-30(19-18-29)17-12-23-8-3-2-4-9-23/h2-5,8-11,20-21,28H,6-7,12-19H2,1H3/b26-21-. The first kappa shape index (κ1) is 23.5. The number of halogens is 1. The maximum absolute atomic E-state index is 12.0. The van der Waals surface area contributed by atoms with Crippen LogP contribution in [-0.4, -0.2) is 61.4 Å². The van der Waals surface area contributed by atoms with Crippen LogP contribution in [0.15, 0.2) is 60.8 Å². The molecule has 1 aliphatic rings. The second kappa shape index (κ2) is 12.7. The predicted octanol–water partition coefficient (Wildman–Crippen LogP) is 4.50. The van der Waals surface area contributed by atoms with Gasteiger partial charge in [-0.2, -0.15) is 0 Å². The molecule has 0 atom stereocenters. The molecule has 4 nitrogen and oxygen atoms in total. The number of nitrogens with one attached hydrogen (secondary N) is 1. The molecule has 2 aromatic rings. The van der Waals surface area contributed by atoms with Crippen LogP contribution in [-0.2, 0) is 11.2 Å². The van der Waals surface area contributed by atoms with Crippen molar-refractivity contribution in [1.82, 2.24) is 15.1 Å². The summed E-state index contributed by atoms with van der Waals surface area (Å²) in [6, 6.07) is 18.2. The Balaban J connectivity index is 1.37. The highest BCUT2D eigenvalue weighted by molar-refractivity contribution is 6.31. The minimum atomic E-state index is 0.0397. The highest BCUT2D eigenvalue weighted by atomic mass is 35.5. The lowest BCUT2D eigenvalue weighted by Crippen LogP contribution is -2.33. The van der Waals surface area contributed by atoms with Crippen molar-refractivity contribution >= 4 is 23.0 Å². The van der Waals surface area contributed by atoms with Gasteiger partial charge in [-0.25, -0.2) is 0 Å². The van der Waals surface area contributed by atoms with E-state index in [0.29, 0.717) is 10.6 Å². The van der Waals surface area contributed by atoms with Gasteiger partial charge in [0.25, 0.3) is 0 Å². The Hall–Kier alpha value is -2.14. The van der Waals surface area contributed by atoms with E-state index < -0.39 is 0 Å². The van der Waals surface area contributed by atoms with Crippen molar-refractivity contribution in [2.24, 2.45) is 0 Å². The van der Waals surface area contributed by atoms with Gasteiger partial charge in [0.1, 0.15) is 0 Å². The largest absolute Gasteiger partial charge is 0.390 e. The number of nitrogens with zero attached hydrogens (tertiary/aromatic N) is 2. The molecule has 1 N–H and O–H groups in total. The lowest BCUT2D eigenvalue weighted by atomic mass is 10.0. The number of rotatable bonds is 10. The molecule has 1 saturated heterocycles. The third-order valence-electron chi connectivity index (χ3n) is 5.80. The minimum Gasteiger partial charge on any atom is -0.390 e. The zero-order valence-electron chi connectivity index (χ0n) is 18.5.